The van der Waals surface area contributed by atoms with Gasteiger partial charge in [0.2, 0.25) is 0 Å². The van der Waals surface area contributed by atoms with E-state index in [-0.39, 0.29) is 0 Å². The second-order valence-corrected chi connectivity index (χ2v) is 5.49. The predicted octanol–water partition coefficient (Wildman–Crippen LogP) is 4.86. The number of benzene rings is 2. The molecule has 94 valence electrons. The highest BCUT2D eigenvalue weighted by molar-refractivity contribution is 9.10. The Balaban J connectivity index is 2.05. The van der Waals surface area contributed by atoms with Crippen LogP contribution in [0, 0.1) is 0 Å². The van der Waals surface area contributed by atoms with Crippen molar-refractivity contribution in [1.29, 1.82) is 0 Å². The van der Waals surface area contributed by atoms with Crippen LogP contribution in [-0.4, -0.2) is 0 Å². The van der Waals surface area contributed by atoms with Gasteiger partial charge in [0.15, 0.2) is 0 Å². The summed E-state index contributed by atoms with van der Waals surface area (Å²) in [6, 6.07) is 19.6. The highest BCUT2D eigenvalue weighted by atomic mass is 79.9. The maximum absolute atomic E-state index is 3.62. The van der Waals surface area contributed by atoms with Gasteiger partial charge in [-0.3, -0.25) is 0 Å². The summed E-state index contributed by atoms with van der Waals surface area (Å²) in [6.45, 7) is 4.39. The van der Waals surface area contributed by atoms with Gasteiger partial charge in [-0.1, -0.05) is 58.4 Å². The van der Waals surface area contributed by atoms with Crippen molar-refractivity contribution in [3.8, 4) is 0 Å². The van der Waals surface area contributed by atoms with E-state index < -0.39 is 0 Å². The Morgan fingerprint density at radius 1 is 0.833 bits per heavy atom. The van der Waals surface area contributed by atoms with Gasteiger partial charge in [-0.05, 0) is 37.1 Å². The van der Waals surface area contributed by atoms with E-state index in [1.807, 2.05) is 6.07 Å². The Bertz CT molecular complexity index is 495. The number of rotatable bonds is 4. The number of hydrogen-bond acceptors (Lipinski definition) is 1. The third-order valence-corrected chi connectivity index (χ3v) is 3.64. The summed E-state index contributed by atoms with van der Waals surface area (Å²) in [6.07, 6.45) is 0. The zero-order valence-electron chi connectivity index (χ0n) is 10.7. The maximum Gasteiger partial charge on any atom is 0.0297 e. The average Bonchev–Trinajstić information content (AvgIpc) is 2.39. The molecule has 1 nitrogen and oxygen atoms in total. The van der Waals surface area contributed by atoms with Gasteiger partial charge in [-0.2, -0.15) is 0 Å². The first kappa shape index (κ1) is 13.3. The van der Waals surface area contributed by atoms with E-state index in [0.717, 1.165) is 4.47 Å². The van der Waals surface area contributed by atoms with Crippen molar-refractivity contribution in [1.82, 2.24) is 5.32 Å². The molecule has 0 heterocycles. The minimum atomic E-state index is 0.331. The molecule has 2 aromatic carbocycles. The van der Waals surface area contributed by atoms with Crippen molar-refractivity contribution in [2.24, 2.45) is 0 Å². The topological polar surface area (TPSA) is 12.0 Å². The molecule has 0 saturated heterocycles. The first-order chi connectivity index (χ1) is 8.66. The van der Waals surface area contributed by atoms with Gasteiger partial charge in [0, 0.05) is 16.6 Å². The third-order valence-electron chi connectivity index (χ3n) is 3.15. The first-order valence-electron chi connectivity index (χ1n) is 6.23. The highest BCUT2D eigenvalue weighted by Gasteiger charge is 2.10. The standard InChI is InChI=1S/C16H18BrN/c1-12(14-7-4-3-5-8-14)18-13(2)15-9-6-10-16(17)11-15/h3-13,18H,1-2H3. The van der Waals surface area contributed by atoms with Crippen LogP contribution < -0.4 is 5.32 Å². The lowest BCUT2D eigenvalue weighted by Crippen LogP contribution is -2.22. The Hall–Kier alpha value is -1.12. The Morgan fingerprint density at radius 3 is 2.11 bits per heavy atom. The van der Waals surface area contributed by atoms with E-state index in [1.54, 1.807) is 0 Å². The van der Waals surface area contributed by atoms with Crippen LogP contribution in [0.15, 0.2) is 59.1 Å². The molecule has 0 amide bonds. The maximum atomic E-state index is 3.62. The molecule has 2 rings (SSSR count). The van der Waals surface area contributed by atoms with E-state index in [1.165, 1.54) is 11.1 Å². The van der Waals surface area contributed by atoms with Crippen LogP contribution in [-0.2, 0) is 0 Å². The summed E-state index contributed by atoms with van der Waals surface area (Å²) >= 11 is 3.51. The van der Waals surface area contributed by atoms with E-state index in [2.05, 4.69) is 83.6 Å². The van der Waals surface area contributed by atoms with Crippen molar-refractivity contribution in [2.75, 3.05) is 0 Å². The van der Waals surface area contributed by atoms with Crippen LogP contribution in [0.25, 0.3) is 0 Å². The lowest BCUT2D eigenvalue weighted by atomic mass is 10.0. The molecule has 2 aromatic rings. The molecule has 18 heavy (non-hydrogen) atoms. The minimum absolute atomic E-state index is 0.331. The molecule has 0 saturated carbocycles. The average molecular weight is 304 g/mol. The summed E-state index contributed by atoms with van der Waals surface area (Å²) in [5, 5.41) is 3.62. The van der Waals surface area contributed by atoms with Gasteiger partial charge in [0.25, 0.3) is 0 Å². The van der Waals surface area contributed by atoms with Crippen LogP contribution in [0.5, 0.6) is 0 Å². The molecule has 0 aliphatic heterocycles. The number of nitrogens with one attached hydrogen (secondary N) is 1. The van der Waals surface area contributed by atoms with Crippen molar-refractivity contribution >= 4 is 15.9 Å². The number of hydrogen-bond donors (Lipinski definition) is 1. The van der Waals surface area contributed by atoms with Gasteiger partial charge < -0.3 is 5.32 Å². The van der Waals surface area contributed by atoms with Gasteiger partial charge in [-0.25, -0.2) is 0 Å². The zero-order chi connectivity index (χ0) is 13.0. The van der Waals surface area contributed by atoms with Gasteiger partial charge in [-0.15, -0.1) is 0 Å². The van der Waals surface area contributed by atoms with E-state index in [9.17, 15) is 0 Å². The highest BCUT2D eigenvalue weighted by Crippen LogP contribution is 2.21. The predicted molar refractivity (Wildman–Crippen MR) is 80.5 cm³/mol. The molecule has 0 aliphatic carbocycles. The fourth-order valence-electron chi connectivity index (χ4n) is 2.09. The molecule has 0 radical (unpaired) electrons. The molecular formula is C16H18BrN. The van der Waals surface area contributed by atoms with Crippen molar-refractivity contribution in [3.63, 3.8) is 0 Å². The quantitative estimate of drug-likeness (QED) is 0.850. The van der Waals surface area contributed by atoms with Crippen LogP contribution >= 0.6 is 15.9 Å². The third kappa shape index (κ3) is 3.44. The largest absolute Gasteiger partial charge is 0.304 e. The fourth-order valence-corrected chi connectivity index (χ4v) is 2.50. The van der Waals surface area contributed by atoms with Gasteiger partial charge in [0.05, 0.1) is 0 Å². The zero-order valence-corrected chi connectivity index (χ0v) is 12.3. The second kappa shape index (κ2) is 6.17. The summed E-state index contributed by atoms with van der Waals surface area (Å²) in [4.78, 5) is 0. The second-order valence-electron chi connectivity index (χ2n) is 4.58. The molecule has 2 unspecified atom stereocenters. The molecular weight excluding hydrogens is 286 g/mol. The molecule has 0 aromatic heterocycles. The molecule has 1 N–H and O–H groups in total. The summed E-state index contributed by atoms with van der Waals surface area (Å²) in [5.74, 6) is 0. The minimum Gasteiger partial charge on any atom is -0.304 e. The van der Waals surface area contributed by atoms with E-state index in [0.29, 0.717) is 12.1 Å². The molecule has 0 aliphatic rings. The molecule has 0 spiro atoms. The van der Waals surface area contributed by atoms with Gasteiger partial charge in [0.1, 0.15) is 0 Å². The molecule has 2 heteroatoms. The lowest BCUT2D eigenvalue weighted by molar-refractivity contribution is 0.494. The van der Waals surface area contributed by atoms with Crippen LogP contribution in [0.4, 0.5) is 0 Å². The van der Waals surface area contributed by atoms with E-state index in [4.69, 9.17) is 0 Å². The van der Waals surface area contributed by atoms with Crippen molar-refractivity contribution < 1.29 is 0 Å². The fraction of sp³-hybridized carbons (Fsp3) is 0.250. The Morgan fingerprint density at radius 2 is 1.44 bits per heavy atom. The first-order valence-corrected chi connectivity index (χ1v) is 7.02. The van der Waals surface area contributed by atoms with Gasteiger partial charge >= 0.3 is 0 Å². The van der Waals surface area contributed by atoms with Crippen molar-refractivity contribution in [2.45, 2.75) is 25.9 Å². The van der Waals surface area contributed by atoms with Crippen LogP contribution in [0.1, 0.15) is 37.1 Å². The Labute approximate surface area is 117 Å². The lowest BCUT2D eigenvalue weighted by Gasteiger charge is -2.21. The summed E-state index contributed by atoms with van der Waals surface area (Å²) < 4.78 is 1.13. The molecule has 0 fully saturated rings. The van der Waals surface area contributed by atoms with E-state index >= 15 is 0 Å². The smallest absolute Gasteiger partial charge is 0.0297 e. The Kier molecular flexibility index (Phi) is 4.56. The number of halogens is 1. The van der Waals surface area contributed by atoms with Crippen LogP contribution in [0.3, 0.4) is 0 Å². The van der Waals surface area contributed by atoms with Crippen LogP contribution in [0.2, 0.25) is 0 Å². The molecule has 2 atom stereocenters. The van der Waals surface area contributed by atoms with Crippen molar-refractivity contribution in [3.05, 3.63) is 70.2 Å². The summed E-state index contributed by atoms with van der Waals surface area (Å²) in [7, 11) is 0. The monoisotopic (exact) mass is 303 g/mol. The summed E-state index contributed by atoms with van der Waals surface area (Å²) in [5.41, 5.74) is 2.62. The SMILES string of the molecule is CC(NC(C)c1cccc(Br)c1)c1ccccc1. The normalized spacial score (nSPS) is 14.2. The molecule has 0 bridgehead atoms.